The minimum Gasteiger partial charge on any atom is -0.744 e. The number of nitrogens with one attached hydrogen (secondary N) is 6. The number of carbonyl (C=O) groups excluding carboxylic acids is 5. The number of aromatic nitrogens is 4. The van der Waals surface area contributed by atoms with E-state index in [1.807, 2.05) is 0 Å². The number of nitrogens with zero attached hydrogens (tertiary/aromatic N) is 4. The van der Waals surface area contributed by atoms with Gasteiger partial charge in [0, 0.05) is 85.9 Å². The van der Waals surface area contributed by atoms with Crippen LogP contribution < -0.4 is 31.9 Å². The molecule has 0 fully saturated rings. The van der Waals surface area contributed by atoms with Crippen LogP contribution in [0.15, 0.2) is 129 Å². The molecule has 76 heavy (non-hydrogen) atoms. The summed E-state index contributed by atoms with van der Waals surface area (Å²) in [6.07, 6.45) is 5.34. The van der Waals surface area contributed by atoms with Gasteiger partial charge in [0.15, 0.2) is 0 Å². The Balaban J connectivity index is 0.895. The van der Waals surface area contributed by atoms with E-state index in [0.717, 1.165) is 60.7 Å². The molecule has 0 saturated carbocycles. The highest BCUT2D eigenvalue weighted by atomic mass is 32.2. The first-order valence-electron chi connectivity index (χ1n) is 21.3. The van der Waals surface area contributed by atoms with Gasteiger partial charge in [0.2, 0.25) is 0 Å². The van der Waals surface area contributed by atoms with Gasteiger partial charge in [-0.1, -0.05) is 24.3 Å². The summed E-state index contributed by atoms with van der Waals surface area (Å²) in [5.74, 6) is -2.72. The van der Waals surface area contributed by atoms with Crippen molar-refractivity contribution < 1.29 is 75.9 Å². The first kappa shape index (κ1) is 53.6. The van der Waals surface area contributed by atoms with Gasteiger partial charge in [-0.05, 0) is 60.7 Å². The average molecular weight is 1120 g/mol. The van der Waals surface area contributed by atoms with Crippen molar-refractivity contribution in [2.75, 3.05) is 31.9 Å². The van der Waals surface area contributed by atoms with Gasteiger partial charge in [-0.2, -0.15) is 0 Å². The van der Waals surface area contributed by atoms with Gasteiger partial charge < -0.3 is 57.7 Å². The minimum absolute atomic E-state index is 0.0420. The lowest BCUT2D eigenvalue weighted by Gasteiger charge is -2.17. The molecular formula is C45H36N10O17S4-4. The highest BCUT2D eigenvalue weighted by molar-refractivity contribution is 7.87. The van der Waals surface area contributed by atoms with E-state index < -0.39 is 100 Å². The quantitative estimate of drug-likeness (QED) is 0.0847. The molecule has 4 heterocycles. The van der Waals surface area contributed by atoms with Crippen LogP contribution in [-0.2, 0) is 68.7 Å². The fourth-order valence-electron chi connectivity index (χ4n) is 7.94. The summed E-state index contributed by atoms with van der Waals surface area (Å²) in [6, 6.07) is 14.3. The second-order valence-corrected chi connectivity index (χ2v) is 22.2. The van der Waals surface area contributed by atoms with Crippen molar-refractivity contribution >= 4 is 126 Å². The number of amides is 6. The molecule has 396 valence electrons. The molecular weight excluding hydrogens is 1080 g/mol. The summed E-state index contributed by atoms with van der Waals surface area (Å²) < 4.78 is 150. The maximum atomic E-state index is 13.4. The van der Waals surface area contributed by atoms with Crippen LogP contribution in [0.25, 0.3) is 21.5 Å². The fraction of sp³-hybridized carbons (Fsp3) is 0.0889. The number of benzene rings is 4. The van der Waals surface area contributed by atoms with Crippen LogP contribution in [0, 0.1) is 0 Å². The maximum absolute atomic E-state index is 13.4. The molecule has 8 rings (SSSR count). The molecule has 0 saturated heterocycles. The Morgan fingerprint density at radius 2 is 0.632 bits per heavy atom. The molecule has 0 unspecified atom stereocenters. The fourth-order valence-corrected chi connectivity index (χ4v) is 10.7. The van der Waals surface area contributed by atoms with E-state index in [1.165, 1.54) is 95.5 Å². The summed E-state index contributed by atoms with van der Waals surface area (Å²) >= 11 is 0. The molecule has 6 N–H and O–H groups in total. The lowest BCUT2D eigenvalue weighted by molar-refractivity contribution is 0.101. The van der Waals surface area contributed by atoms with Crippen molar-refractivity contribution in [1.29, 1.82) is 0 Å². The third-order valence-electron chi connectivity index (χ3n) is 11.5. The molecule has 0 aliphatic carbocycles. The highest BCUT2D eigenvalue weighted by Gasteiger charge is 2.23. The van der Waals surface area contributed by atoms with E-state index in [9.17, 15) is 75.9 Å². The number of hydrogen-bond donors (Lipinski definition) is 6. The predicted octanol–water partition coefficient (Wildman–Crippen LogP) is 3.62. The van der Waals surface area contributed by atoms with Crippen LogP contribution >= 0.6 is 0 Å². The zero-order chi connectivity index (χ0) is 55.6. The summed E-state index contributed by atoms with van der Waals surface area (Å²) in [5, 5.41) is 13.6. The van der Waals surface area contributed by atoms with Gasteiger partial charge >= 0.3 is 6.03 Å². The second kappa shape index (κ2) is 19.5. The van der Waals surface area contributed by atoms with Crippen LogP contribution in [-0.4, -0.2) is 99.8 Å². The Morgan fingerprint density at radius 3 is 0.921 bits per heavy atom. The zero-order valence-electron chi connectivity index (χ0n) is 39.3. The second-order valence-electron chi connectivity index (χ2n) is 16.8. The molecule has 0 bridgehead atoms. The number of urea groups is 1. The maximum Gasteiger partial charge on any atom is 0.325 e. The third-order valence-corrected chi connectivity index (χ3v) is 15.0. The van der Waals surface area contributed by atoms with Gasteiger partial charge in [-0.15, -0.1) is 0 Å². The number of rotatable bonds is 14. The van der Waals surface area contributed by atoms with E-state index in [2.05, 4.69) is 31.9 Å². The average Bonchev–Trinajstić information content (AvgIpc) is 4.09. The van der Waals surface area contributed by atoms with E-state index in [1.54, 1.807) is 0 Å². The van der Waals surface area contributed by atoms with Crippen LogP contribution in [0.4, 0.5) is 39.4 Å². The normalized spacial score (nSPS) is 12.1. The Labute approximate surface area is 430 Å². The zero-order valence-corrected chi connectivity index (χ0v) is 42.5. The van der Waals surface area contributed by atoms with Crippen molar-refractivity contribution in [1.82, 2.24) is 18.3 Å². The lowest BCUT2D eigenvalue weighted by Crippen LogP contribution is -2.22. The lowest BCUT2D eigenvalue weighted by atomic mass is 10.1. The minimum atomic E-state index is -5.24. The summed E-state index contributed by atoms with van der Waals surface area (Å²) in [5.41, 5.74) is -0.750. The monoisotopic (exact) mass is 1120 g/mol. The van der Waals surface area contributed by atoms with E-state index in [4.69, 9.17) is 0 Å². The standard InChI is InChI=1S/C45H40N10O17S4/c1-52-19-23(41(56)46-27-15-31-29(35(17-27)75(67,68)69)7-5-9-33(31)73(61,62)63)11-37(52)48-43(58)25-13-39(54(3)21-25)50-45(60)51-40-14-26(22-55(40)4)44(59)49-38-12-24(20-53(38)2)42(57)47-28-16-32-30(36(18-28)76(70,71)72)8-6-10-34(32)74(64,65)66/h5-22H,1-4H3,(H,46,56)(H,47,57)(H,48,58)(H,49,59)(H2,50,51,60)(H,61,62,63)(H,64,65,66)(H,67,68,69)(H,70,71,72)/p-4. The van der Waals surface area contributed by atoms with Crippen molar-refractivity contribution in [3.63, 3.8) is 0 Å². The van der Waals surface area contributed by atoms with Crippen LogP contribution in [0.1, 0.15) is 41.4 Å². The van der Waals surface area contributed by atoms with Crippen molar-refractivity contribution in [3.05, 3.63) is 132 Å². The largest absolute Gasteiger partial charge is 0.744 e. The molecule has 4 aromatic heterocycles. The number of carbonyl (C=O) groups is 5. The molecule has 0 aliphatic heterocycles. The van der Waals surface area contributed by atoms with E-state index >= 15 is 0 Å². The number of anilines is 6. The van der Waals surface area contributed by atoms with Crippen molar-refractivity contribution in [2.45, 2.75) is 19.6 Å². The number of aryl methyl sites for hydroxylation is 4. The summed E-state index contributed by atoms with van der Waals surface area (Å²) in [4.78, 5) is 63.2. The Morgan fingerprint density at radius 1 is 0.355 bits per heavy atom. The molecule has 0 aliphatic rings. The van der Waals surface area contributed by atoms with Gasteiger partial charge in [-0.3, -0.25) is 29.8 Å². The highest BCUT2D eigenvalue weighted by Crippen LogP contribution is 2.34. The molecule has 0 radical (unpaired) electrons. The molecule has 27 nitrogen and oxygen atoms in total. The first-order valence-corrected chi connectivity index (χ1v) is 26.9. The van der Waals surface area contributed by atoms with Crippen molar-refractivity contribution in [2.24, 2.45) is 28.2 Å². The van der Waals surface area contributed by atoms with Crippen LogP contribution in [0.3, 0.4) is 0 Å². The third kappa shape index (κ3) is 11.2. The smallest absolute Gasteiger partial charge is 0.325 e. The van der Waals surface area contributed by atoms with Crippen LogP contribution in [0.5, 0.6) is 0 Å². The van der Waals surface area contributed by atoms with E-state index in [-0.39, 0.29) is 67.7 Å². The molecule has 0 atom stereocenters. The van der Waals surface area contributed by atoms with E-state index in [0.29, 0.717) is 0 Å². The molecule has 8 aromatic rings. The first-order chi connectivity index (χ1) is 35.3. The number of hydrogen-bond acceptors (Lipinski definition) is 17. The Bertz CT molecular complexity index is 4020. The van der Waals surface area contributed by atoms with Crippen LogP contribution in [0.2, 0.25) is 0 Å². The SMILES string of the molecule is Cn1cc(C(=O)Nc2cc(C(=O)Nc3cc(S(=O)(=O)[O-])c4cccc(S(=O)(=O)[O-])c4c3)cn2C)cc1NC(=O)Nc1cc(C(=O)Nc2cc(C(=O)Nc3cc(S(=O)(=O)[O-])c4cccc(S(=O)(=O)[O-])c4c3)cn2C)cn1C. The van der Waals surface area contributed by atoms with Gasteiger partial charge in [-0.25, -0.2) is 38.5 Å². The predicted molar refractivity (Wildman–Crippen MR) is 266 cm³/mol. The Hall–Kier alpha value is -8.69. The number of fused-ring (bicyclic) bond motifs is 2. The molecule has 6 amide bonds. The summed E-state index contributed by atoms with van der Waals surface area (Å²) in [7, 11) is -14.8. The molecule has 4 aromatic carbocycles. The molecule has 0 spiro atoms. The summed E-state index contributed by atoms with van der Waals surface area (Å²) in [6.45, 7) is 0. The van der Waals surface area contributed by atoms with Gasteiger partial charge in [0.05, 0.1) is 41.8 Å². The van der Waals surface area contributed by atoms with Crippen molar-refractivity contribution in [3.8, 4) is 0 Å². The van der Waals surface area contributed by atoms with Gasteiger partial charge in [0.1, 0.15) is 63.7 Å². The Kier molecular flexibility index (Phi) is 13.8. The molecule has 31 heteroatoms. The van der Waals surface area contributed by atoms with Gasteiger partial charge in [0.25, 0.3) is 23.6 Å². The topological polar surface area (TPSA) is 406 Å².